The zero-order valence-corrected chi connectivity index (χ0v) is 12.8. The van der Waals surface area contributed by atoms with E-state index in [0.29, 0.717) is 12.0 Å². The second-order valence-electron chi connectivity index (χ2n) is 6.68. The third-order valence-electron chi connectivity index (χ3n) is 4.96. The molecule has 0 spiro atoms. The summed E-state index contributed by atoms with van der Waals surface area (Å²) in [6.07, 6.45) is 5.80. The van der Waals surface area contributed by atoms with Crippen molar-refractivity contribution in [1.82, 2.24) is 4.90 Å². The molecule has 1 aromatic rings. The molecule has 1 N–H and O–H groups in total. The molecule has 2 fully saturated rings. The predicted molar refractivity (Wildman–Crippen MR) is 80.1 cm³/mol. The Morgan fingerprint density at radius 3 is 2.95 bits per heavy atom. The van der Waals surface area contributed by atoms with E-state index in [1.807, 2.05) is 0 Å². The van der Waals surface area contributed by atoms with Crippen LogP contribution in [0.25, 0.3) is 0 Å². The molecule has 2 aliphatic rings. The Morgan fingerprint density at radius 2 is 2.24 bits per heavy atom. The van der Waals surface area contributed by atoms with Gasteiger partial charge in [0.05, 0.1) is 6.54 Å². The first-order chi connectivity index (χ1) is 10.1. The predicted octanol–water partition coefficient (Wildman–Crippen LogP) is 3.62. The van der Waals surface area contributed by atoms with Crippen LogP contribution in [0.15, 0.2) is 16.5 Å². The van der Waals surface area contributed by atoms with Crippen molar-refractivity contribution in [3.05, 3.63) is 23.7 Å². The molecule has 4 nitrogen and oxygen atoms in total. The summed E-state index contributed by atoms with van der Waals surface area (Å²) >= 11 is 0. The molecule has 1 aliphatic carbocycles. The van der Waals surface area contributed by atoms with Crippen LogP contribution >= 0.6 is 0 Å². The van der Waals surface area contributed by atoms with Gasteiger partial charge in [0.2, 0.25) is 0 Å². The molecule has 2 heterocycles. The quantitative estimate of drug-likeness (QED) is 0.869. The molecule has 116 valence electrons. The van der Waals surface area contributed by atoms with Gasteiger partial charge in [-0.25, -0.2) is 0 Å². The number of nitrogens with zero attached hydrogens (tertiary/aromatic N) is 1. The van der Waals surface area contributed by atoms with Gasteiger partial charge in [0.25, 0.3) is 0 Å². The van der Waals surface area contributed by atoms with Crippen molar-refractivity contribution in [3.8, 4) is 0 Å². The Bertz CT molecular complexity index is 496. The van der Waals surface area contributed by atoms with Crippen LogP contribution in [0.3, 0.4) is 0 Å². The number of hydrogen-bond donors (Lipinski definition) is 1. The Kier molecular flexibility index (Phi) is 4.34. The van der Waals surface area contributed by atoms with Gasteiger partial charge in [-0.3, -0.25) is 9.69 Å². The van der Waals surface area contributed by atoms with Gasteiger partial charge < -0.3 is 9.52 Å². The van der Waals surface area contributed by atoms with Crippen molar-refractivity contribution in [3.63, 3.8) is 0 Å². The molecule has 1 saturated carbocycles. The topological polar surface area (TPSA) is 53.7 Å². The van der Waals surface area contributed by atoms with Crippen molar-refractivity contribution >= 4 is 5.97 Å². The largest absolute Gasteiger partial charge is 0.481 e. The van der Waals surface area contributed by atoms with E-state index in [-0.39, 0.29) is 6.42 Å². The van der Waals surface area contributed by atoms with Crippen LogP contribution in [0.5, 0.6) is 0 Å². The van der Waals surface area contributed by atoms with Crippen LogP contribution in [-0.2, 0) is 11.3 Å². The Balaban J connectivity index is 1.58. The number of carboxylic acids is 1. The molecule has 3 rings (SSSR count). The lowest BCUT2D eigenvalue weighted by Crippen LogP contribution is -2.39. The molecular formula is C17H25NO3. The summed E-state index contributed by atoms with van der Waals surface area (Å²) in [4.78, 5) is 13.2. The monoisotopic (exact) mass is 291 g/mol. The van der Waals surface area contributed by atoms with E-state index >= 15 is 0 Å². The third-order valence-corrected chi connectivity index (χ3v) is 4.96. The maximum Gasteiger partial charge on any atom is 0.303 e. The number of piperidine rings is 1. The zero-order chi connectivity index (χ0) is 14.8. The first-order valence-electron chi connectivity index (χ1n) is 8.18. The van der Waals surface area contributed by atoms with Gasteiger partial charge in [0, 0.05) is 18.4 Å². The van der Waals surface area contributed by atoms with Crippen LogP contribution in [0.2, 0.25) is 0 Å². The minimum absolute atomic E-state index is 0.268. The average molecular weight is 291 g/mol. The summed E-state index contributed by atoms with van der Waals surface area (Å²) < 4.78 is 6.00. The molecule has 3 unspecified atom stereocenters. The van der Waals surface area contributed by atoms with Crippen molar-refractivity contribution < 1.29 is 14.3 Å². The molecule has 1 aromatic heterocycles. The fourth-order valence-electron chi connectivity index (χ4n) is 3.48. The highest BCUT2D eigenvalue weighted by atomic mass is 16.4. The zero-order valence-electron chi connectivity index (χ0n) is 12.8. The molecule has 3 atom stereocenters. The normalized spacial score (nSPS) is 29.5. The molecule has 0 amide bonds. The molecule has 0 radical (unpaired) electrons. The second kappa shape index (κ2) is 6.22. The molecule has 0 aromatic carbocycles. The Morgan fingerprint density at radius 1 is 1.43 bits per heavy atom. The lowest BCUT2D eigenvalue weighted by atomic mass is 9.98. The van der Waals surface area contributed by atoms with Gasteiger partial charge >= 0.3 is 5.97 Å². The summed E-state index contributed by atoms with van der Waals surface area (Å²) in [5.41, 5.74) is 0. The highest BCUT2D eigenvalue weighted by Crippen LogP contribution is 2.47. The van der Waals surface area contributed by atoms with E-state index in [4.69, 9.17) is 9.52 Å². The maximum atomic E-state index is 10.8. The number of carbonyl (C=O) groups is 1. The van der Waals surface area contributed by atoms with E-state index in [0.717, 1.165) is 43.4 Å². The number of furan rings is 1. The number of aliphatic carboxylic acids is 1. The molecule has 21 heavy (non-hydrogen) atoms. The standard InChI is InChI=1S/C17H25NO3/c1-12-10-15(12)16-7-6-14(21-16)11-18-9-3-2-4-13(18)5-8-17(19)20/h6-7,12-13,15H,2-5,8-11H2,1H3,(H,19,20). The van der Waals surface area contributed by atoms with Gasteiger partial charge in [-0.2, -0.15) is 0 Å². The minimum Gasteiger partial charge on any atom is -0.481 e. The lowest BCUT2D eigenvalue weighted by molar-refractivity contribution is -0.137. The fraction of sp³-hybridized carbons (Fsp3) is 0.706. The van der Waals surface area contributed by atoms with Crippen LogP contribution in [0.4, 0.5) is 0 Å². The first-order valence-corrected chi connectivity index (χ1v) is 8.18. The van der Waals surface area contributed by atoms with Gasteiger partial charge in [-0.05, 0) is 50.3 Å². The number of likely N-dealkylation sites (tertiary alicyclic amines) is 1. The summed E-state index contributed by atoms with van der Waals surface area (Å²) in [6, 6.07) is 4.62. The van der Waals surface area contributed by atoms with Crippen LogP contribution in [-0.4, -0.2) is 28.6 Å². The summed E-state index contributed by atoms with van der Waals surface area (Å²) in [5.74, 6) is 2.87. The van der Waals surface area contributed by atoms with Crippen LogP contribution in [0.1, 0.15) is 62.9 Å². The van der Waals surface area contributed by atoms with Crippen molar-refractivity contribution in [2.45, 2.75) is 64.0 Å². The van der Waals surface area contributed by atoms with Gasteiger partial charge in [0.1, 0.15) is 11.5 Å². The molecule has 4 heteroatoms. The molecule has 0 bridgehead atoms. The van der Waals surface area contributed by atoms with E-state index in [2.05, 4.69) is 24.0 Å². The van der Waals surface area contributed by atoms with E-state index < -0.39 is 5.97 Å². The van der Waals surface area contributed by atoms with Crippen LogP contribution in [0, 0.1) is 5.92 Å². The lowest BCUT2D eigenvalue weighted by Gasteiger charge is -2.35. The van der Waals surface area contributed by atoms with Crippen molar-refractivity contribution in [1.29, 1.82) is 0 Å². The SMILES string of the molecule is CC1CC1c1ccc(CN2CCCCC2CCC(=O)O)o1. The molecule has 1 aliphatic heterocycles. The average Bonchev–Trinajstić information content (AvgIpc) is 3.00. The second-order valence-corrected chi connectivity index (χ2v) is 6.68. The highest BCUT2D eigenvalue weighted by molar-refractivity contribution is 5.66. The number of carboxylic acid groups (broad SMARTS) is 1. The van der Waals surface area contributed by atoms with Crippen molar-refractivity contribution in [2.75, 3.05) is 6.54 Å². The number of hydrogen-bond acceptors (Lipinski definition) is 3. The summed E-state index contributed by atoms with van der Waals surface area (Å²) in [6.45, 7) is 4.14. The highest BCUT2D eigenvalue weighted by Gasteiger charge is 2.36. The van der Waals surface area contributed by atoms with Crippen molar-refractivity contribution in [2.24, 2.45) is 5.92 Å². The summed E-state index contributed by atoms with van der Waals surface area (Å²) in [7, 11) is 0. The molecule has 1 saturated heterocycles. The van der Waals surface area contributed by atoms with Gasteiger partial charge in [0.15, 0.2) is 0 Å². The Labute approximate surface area is 126 Å². The minimum atomic E-state index is -0.691. The van der Waals surface area contributed by atoms with Crippen LogP contribution < -0.4 is 0 Å². The van der Waals surface area contributed by atoms with E-state index in [9.17, 15) is 4.79 Å². The first kappa shape index (κ1) is 14.6. The molecular weight excluding hydrogens is 266 g/mol. The van der Waals surface area contributed by atoms with E-state index in [1.54, 1.807) is 0 Å². The maximum absolute atomic E-state index is 10.8. The van der Waals surface area contributed by atoms with Gasteiger partial charge in [-0.15, -0.1) is 0 Å². The van der Waals surface area contributed by atoms with Gasteiger partial charge in [-0.1, -0.05) is 13.3 Å². The van der Waals surface area contributed by atoms with E-state index in [1.165, 1.54) is 19.3 Å². The fourth-order valence-corrected chi connectivity index (χ4v) is 3.48. The Hall–Kier alpha value is -1.29. The smallest absolute Gasteiger partial charge is 0.303 e. The third kappa shape index (κ3) is 3.67. The number of rotatable bonds is 6. The summed E-state index contributed by atoms with van der Waals surface area (Å²) in [5, 5.41) is 8.88.